The van der Waals surface area contributed by atoms with Gasteiger partial charge in [0.05, 0.1) is 11.1 Å². The van der Waals surface area contributed by atoms with E-state index in [0.29, 0.717) is 11.6 Å². The van der Waals surface area contributed by atoms with E-state index in [9.17, 15) is 5.11 Å². The second-order valence-electron chi connectivity index (χ2n) is 5.54. The van der Waals surface area contributed by atoms with Gasteiger partial charge in [-0.05, 0) is 26.2 Å². The van der Waals surface area contributed by atoms with Gasteiger partial charge in [0.1, 0.15) is 5.82 Å². The third-order valence-electron chi connectivity index (χ3n) is 3.49. The molecule has 1 aliphatic heterocycles. The maximum absolute atomic E-state index is 10.2. The Kier molecular flexibility index (Phi) is 5.60. The number of aliphatic hydroxyl groups excluding tert-OH is 1. The van der Waals surface area contributed by atoms with E-state index in [1.54, 1.807) is 6.20 Å². The van der Waals surface area contributed by atoms with Gasteiger partial charge in [-0.25, -0.2) is 4.98 Å². The summed E-state index contributed by atoms with van der Waals surface area (Å²) in [6.45, 7) is 5.14. The van der Waals surface area contributed by atoms with Crippen LogP contribution in [0.15, 0.2) is 18.3 Å². The molecule has 112 valence electrons. The summed E-state index contributed by atoms with van der Waals surface area (Å²) in [7, 11) is 4.14. The van der Waals surface area contributed by atoms with Crippen LogP contribution in [0.1, 0.15) is 0 Å². The Morgan fingerprint density at radius 2 is 2.15 bits per heavy atom. The van der Waals surface area contributed by atoms with Crippen molar-refractivity contribution >= 4 is 17.4 Å². The molecule has 0 aromatic carbocycles. The quantitative estimate of drug-likeness (QED) is 0.890. The Morgan fingerprint density at radius 3 is 2.80 bits per heavy atom. The van der Waals surface area contributed by atoms with Crippen LogP contribution in [0.5, 0.6) is 0 Å². The molecular weight excluding hydrogens is 276 g/mol. The second-order valence-corrected chi connectivity index (χ2v) is 5.97. The molecule has 0 bridgehead atoms. The predicted molar refractivity (Wildman–Crippen MR) is 82.5 cm³/mol. The Morgan fingerprint density at radius 1 is 1.35 bits per heavy atom. The monoisotopic (exact) mass is 298 g/mol. The number of hydrogen-bond donors (Lipinski definition) is 1. The number of halogens is 1. The lowest BCUT2D eigenvalue weighted by Gasteiger charge is -2.23. The number of β-amino-alcohol motifs (C(OH)–C–C–N with tert-alkyl or cyclic N) is 1. The molecule has 2 rings (SSSR count). The van der Waals surface area contributed by atoms with Gasteiger partial charge in [0.15, 0.2) is 0 Å². The highest BCUT2D eigenvalue weighted by molar-refractivity contribution is 6.30. The van der Waals surface area contributed by atoms with E-state index in [1.807, 2.05) is 12.1 Å². The van der Waals surface area contributed by atoms with E-state index >= 15 is 0 Å². The maximum Gasteiger partial charge on any atom is 0.128 e. The van der Waals surface area contributed by atoms with Crippen LogP contribution in [0.2, 0.25) is 5.02 Å². The van der Waals surface area contributed by atoms with Gasteiger partial charge in [-0.3, -0.25) is 4.90 Å². The number of nitrogens with zero attached hydrogens (tertiary/aromatic N) is 4. The van der Waals surface area contributed by atoms with Gasteiger partial charge in [0.2, 0.25) is 0 Å². The first kappa shape index (κ1) is 15.5. The van der Waals surface area contributed by atoms with E-state index in [-0.39, 0.29) is 6.10 Å². The first-order valence-corrected chi connectivity index (χ1v) is 7.34. The lowest BCUT2D eigenvalue weighted by molar-refractivity contribution is 0.128. The summed E-state index contributed by atoms with van der Waals surface area (Å²) in [5.41, 5.74) is 0. The van der Waals surface area contributed by atoms with Crippen LogP contribution < -0.4 is 4.90 Å². The summed E-state index contributed by atoms with van der Waals surface area (Å²) < 4.78 is 0. The van der Waals surface area contributed by atoms with Crippen molar-refractivity contribution in [3.05, 3.63) is 23.4 Å². The van der Waals surface area contributed by atoms with E-state index in [4.69, 9.17) is 11.6 Å². The predicted octanol–water partition coefficient (Wildman–Crippen LogP) is 0.780. The van der Waals surface area contributed by atoms with Crippen LogP contribution in [-0.2, 0) is 0 Å². The average Bonchev–Trinajstić information content (AvgIpc) is 2.59. The molecule has 1 saturated heterocycles. The normalized spacial score (nSPS) is 21.2. The van der Waals surface area contributed by atoms with Crippen molar-refractivity contribution in [1.29, 1.82) is 0 Å². The molecule has 6 heteroatoms. The zero-order valence-corrected chi connectivity index (χ0v) is 12.9. The van der Waals surface area contributed by atoms with Crippen LogP contribution in [0.4, 0.5) is 5.82 Å². The lowest BCUT2D eigenvalue weighted by Crippen LogP contribution is -2.37. The molecule has 1 N–H and O–H groups in total. The van der Waals surface area contributed by atoms with Crippen molar-refractivity contribution in [2.45, 2.75) is 6.10 Å². The summed E-state index contributed by atoms with van der Waals surface area (Å²) in [6, 6.07) is 3.75. The fourth-order valence-electron chi connectivity index (χ4n) is 2.36. The van der Waals surface area contributed by atoms with Crippen molar-refractivity contribution in [3.8, 4) is 0 Å². The molecule has 5 nitrogen and oxygen atoms in total. The number of rotatable bonds is 4. The number of pyridine rings is 1. The van der Waals surface area contributed by atoms with Gasteiger partial charge in [-0.1, -0.05) is 11.6 Å². The van der Waals surface area contributed by atoms with Gasteiger partial charge < -0.3 is 14.9 Å². The van der Waals surface area contributed by atoms with Gasteiger partial charge >= 0.3 is 0 Å². The molecule has 1 aliphatic rings. The van der Waals surface area contributed by atoms with Crippen LogP contribution in [-0.4, -0.2) is 79.4 Å². The Balaban J connectivity index is 1.95. The minimum atomic E-state index is -0.350. The minimum absolute atomic E-state index is 0.350. The first-order chi connectivity index (χ1) is 9.54. The van der Waals surface area contributed by atoms with Crippen LogP contribution in [0.25, 0.3) is 0 Å². The van der Waals surface area contributed by atoms with E-state index in [1.165, 1.54) is 0 Å². The summed E-state index contributed by atoms with van der Waals surface area (Å²) in [5, 5.41) is 10.8. The maximum atomic E-state index is 10.2. The molecule has 0 amide bonds. The molecule has 2 heterocycles. The highest BCUT2D eigenvalue weighted by Crippen LogP contribution is 2.16. The summed E-state index contributed by atoms with van der Waals surface area (Å²) >= 11 is 5.86. The molecule has 1 aromatic heterocycles. The standard InChI is InChI=1S/C14H23ClN4O/c1-17(2)5-6-18-7-8-19(11-13(20)10-18)14-4-3-12(15)9-16-14/h3-4,9,13,20H,5-8,10-11H2,1-2H3/t13-/m1/s1. The van der Waals surface area contributed by atoms with Crippen molar-refractivity contribution in [3.63, 3.8) is 0 Å². The average molecular weight is 299 g/mol. The van der Waals surface area contributed by atoms with Crippen LogP contribution >= 0.6 is 11.6 Å². The molecule has 0 unspecified atom stereocenters. The van der Waals surface area contributed by atoms with Gasteiger partial charge in [-0.2, -0.15) is 0 Å². The van der Waals surface area contributed by atoms with E-state index in [0.717, 1.165) is 38.5 Å². The zero-order chi connectivity index (χ0) is 14.5. The number of aromatic nitrogens is 1. The molecule has 0 aliphatic carbocycles. The second kappa shape index (κ2) is 7.22. The summed E-state index contributed by atoms with van der Waals surface area (Å²) in [4.78, 5) is 10.9. The number of likely N-dealkylation sites (N-methyl/N-ethyl adjacent to an activating group) is 1. The smallest absolute Gasteiger partial charge is 0.128 e. The zero-order valence-electron chi connectivity index (χ0n) is 12.2. The Hall–Kier alpha value is -0.880. The first-order valence-electron chi connectivity index (χ1n) is 6.96. The topological polar surface area (TPSA) is 42.8 Å². The molecule has 0 spiro atoms. The van der Waals surface area contributed by atoms with Crippen molar-refractivity contribution in [2.24, 2.45) is 0 Å². The lowest BCUT2D eigenvalue weighted by atomic mass is 10.3. The van der Waals surface area contributed by atoms with Crippen molar-refractivity contribution < 1.29 is 5.11 Å². The Bertz CT molecular complexity index is 412. The van der Waals surface area contributed by atoms with Gasteiger partial charge in [0.25, 0.3) is 0 Å². The van der Waals surface area contributed by atoms with Gasteiger partial charge in [0, 0.05) is 45.5 Å². The number of anilines is 1. The highest BCUT2D eigenvalue weighted by Gasteiger charge is 2.21. The van der Waals surface area contributed by atoms with E-state index < -0.39 is 0 Å². The molecule has 0 radical (unpaired) electrons. The third kappa shape index (κ3) is 4.59. The summed E-state index contributed by atoms with van der Waals surface area (Å²) in [5.74, 6) is 0.878. The molecule has 1 aromatic rings. The molecule has 1 fully saturated rings. The third-order valence-corrected chi connectivity index (χ3v) is 3.71. The number of aliphatic hydroxyl groups is 1. The van der Waals surface area contributed by atoms with Crippen LogP contribution in [0, 0.1) is 0 Å². The minimum Gasteiger partial charge on any atom is -0.390 e. The van der Waals surface area contributed by atoms with E-state index in [2.05, 4.69) is 33.8 Å². The fraction of sp³-hybridized carbons (Fsp3) is 0.643. The molecule has 20 heavy (non-hydrogen) atoms. The molecule has 0 saturated carbocycles. The highest BCUT2D eigenvalue weighted by atomic mass is 35.5. The van der Waals surface area contributed by atoms with Gasteiger partial charge in [-0.15, -0.1) is 0 Å². The Labute approximate surface area is 125 Å². The molecular formula is C14H23ClN4O. The fourth-order valence-corrected chi connectivity index (χ4v) is 2.47. The van der Waals surface area contributed by atoms with Crippen molar-refractivity contribution in [1.82, 2.24) is 14.8 Å². The molecule has 1 atom stereocenters. The SMILES string of the molecule is CN(C)CCN1CCN(c2ccc(Cl)cn2)C[C@H](O)C1. The number of hydrogen-bond acceptors (Lipinski definition) is 5. The summed E-state index contributed by atoms with van der Waals surface area (Å²) in [6.07, 6.45) is 1.30. The van der Waals surface area contributed by atoms with Crippen LogP contribution in [0.3, 0.4) is 0 Å². The van der Waals surface area contributed by atoms with Crippen molar-refractivity contribution in [2.75, 3.05) is 58.3 Å². The largest absolute Gasteiger partial charge is 0.390 e.